The number of rotatable bonds is 7. The third-order valence-corrected chi connectivity index (χ3v) is 4.93. The number of imidazole rings is 1. The van der Waals surface area contributed by atoms with Gasteiger partial charge in [-0.05, 0) is 30.9 Å². The molecule has 1 N–H and O–H groups in total. The molecule has 1 heterocycles. The molecule has 0 aliphatic heterocycles. The Morgan fingerprint density at radius 2 is 2.04 bits per heavy atom. The van der Waals surface area contributed by atoms with E-state index in [4.69, 9.17) is 0 Å². The molecule has 1 amide bonds. The summed E-state index contributed by atoms with van der Waals surface area (Å²) in [4.78, 5) is 16.3. The molecular weight excluding hydrogens is 286 g/mol. The molecule has 2 aromatic rings. The van der Waals surface area contributed by atoms with Crippen molar-refractivity contribution in [1.82, 2.24) is 14.9 Å². The van der Waals surface area contributed by atoms with Crippen molar-refractivity contribution in [2.75, 3.05) is 6.54 Å². The van der Waals surface area contributed by atoms with Gasteiger partial charge in [0.2, 0.25) is 5.91 Å². The first kappa shape index (κ1) is 16.0. The molecule has 124 valence electrons. The third-order valence-electron chi connectivity index (χ3n) is 4.93. The Morgan fingerprint density at radius 3 is 2.91 bits per heavy atom. The van der Waals surface area contributed by atoms with Gasteiger partial charge < -0.3 is 9.88 Å². The highest BCUT2D eigenvalue weighted by Crippen LogP contribution is 2.27. The minimum Gasteiger partial charge on any atom is -0.356 e. The normalized spacial score (nSPS) is 15.8. The van der Waals surface area contributed by atoms with Crippen molar-refractivity contribution in [3.8, 4) is 0 Å². The molecule has 0 unspecified atom stereocenters. The van der Waals surface area contributed by atoms with Gasteiger partial charge in [-0.1, -0.05) is 44.2 Å². The van der Waals surface area contributed by atoms with E-state index in [0.717, 1.165) is 42.9 Å². The minimum absolute atomic E-state index is 0.214. The van der Waals surface area contributed by atoms with Crippen molar-refractivity contribution < 1.29 is 4.79 Å². The molecule has 0 bridgehead atoms. The number of hydrogen-bond donors (Lipinski definition) is 1. The maximum Gasteiger partial charge on any atom is 0.220 e. The first-order chi connectivity index (χ1) is 11.3. The summed E-state index contributed by atoms with van der Waals surface area (Å²) in [6.45, 7) is 1.64. The van der Waals surface area contributed by atoms with Gasteiger partial charge in [0.15, 0.2) is 0 Å². The summed E-state index contributed by atoms with van der Waals surface area (Å²) in [7, 11) is 0. The van der Waals surface area contributed by atoms with Crippen LogP contribution in [0.25, 0.3) is 11.0 Å². The zero-order valence-electron chi connectivity index (χ0n) is 13.8. The summed E-state index contributed by atoms with van der Waals surface area (Å²) < 4.78 is 2.16. The monoisotopic (exact) mass is 313 g/mol. The number of fused-ring (bicyclic) bond motifs is 1. The van der Waals surface area contributed by atoms with E-state index in [1.54, 1.807) is 0 Å². The van der Waals surface area contributed by atoms with Crippen LogP contribution >= 0.6 is 0 Å². The van der Waals surface area contributed by atoms with E-state index in [-0.39, 0.29) is 5.91 Å². The quantitative estimate of drug-likeness (QED) is 0.788. The lowest BCUT2D eigenvalue weighted by Gasteiger charge is -2.20. The highest BCUT2D eigenvalue weighted by atomic mass is 16.1. The summed E-state index contributed by atoms with van der Waals surface area (Å²) in [5, 5.41) is 3.06. The zero-order valence-corrected chi connectivity index (χ0v) is 13.8. The average molecular weight is 313 g/mol. The van der Waals surface area contributed by atoms with Crippen LogP contribution in [0.2, 0.25) is 0 Å². The van der Waals surface area contributed by atoms with Gasteiger partial charge in [0.1, 0.15) is 0 Å². The molecular formula is C19H27N3O. The number of benzene rings is 1. The van der Waals surface area contributed by atoms with Crippen molar-refractivity contribution in [2.24, 2.45) is 5.92 Å². The fraction of sp³-hybridized carbons (Fsp3) is 0.579. The van der Waals surface area contributed by atoms with Crippen LogP contribution in [0.1, 0.15) is 51.4 Å². The standard InChI is InChI=1S/C19H27N3O/c23-19(12-11-16-7-2-1-3-8-16)20-13-6-14-22-15-21-17-9-4-5-10-18(17)22/h4-5,9-10,15-16H,1-3,6-8,11-14H2,(H,20,23). The predicted molar refractivity (Wildman–Crippen MR) is 93.2 cm³/mol. The largest absolute Gasteiger partial charge is 0.356 e. The smallest absolute Gasteiger partial charge is 0.220 e. The van der Waals surface area contributed by atoms with Crippen LogP contribution in [0, 0.1) is 5.92 Å². The Bertz CT molecular complexity index is 628. The summed E-state index contributed by atoms with van der Waals surface area (Å²) in [6.07, 6.45) is 11.3. The van der Waals surface area contributed by atoms with Crippen molar-refractivity contribution >= 4 is 16.9 Å². The van der Waals surface area contributed by atoms with Crippen LogP contribution in [0.3, 0.4) is 0 Å². The number of nitrogens with zero attached hydrogens (tertiary/aromatic N) is 2. The predicted octanol–water partition coefficient (Wildman–Crippen LogP) is 3.90. The van der Waals surface area contributed by atoms with E-state index >= 15 is 0 Å². The molecule has 1 aromatic carbocycles. The Labute approximate surface area is 138 Å². The first-order valence-corrected chi connectivity index (χ1v) is 8.99. The molecule has 23 heavy (non-hydrogen) atoms. The fourth-order valence-electron chi connectivity index (χ4n) is 3.57. The number of carbonyl (C=O) groups is 1. The number of aryl methyl sites for hydroxylation is 1. The molecule has 1 aliphatic rings. The number of nitrogens with one attached hydrogen (secondary N) is 1. The molecule has 1 fully saturated rings. The molecule has 4 nitrogen and oxygen atoms in total. The van der Waals surface area contributed by atoms with E-state index < -0.39 is 0 Å². The molecule has 4 heteroatoms. The molecule has 1 aromatic heterocycles. The summed E-state index contributed by atoms with van der Waals surface area (Å²) in [6, 6.07) is 8.16. The Kier molecular flexibility index (Phi) is 5.67. The second kappa shape index (κ2) is 8.14. The summed E-state index contributed by atoms with van der Waals surface area (Å²) >= 11 is 0. The van der Waals surface area contributed by atoms with Crippen LogP contribution < -0.4 is 5.32 Å². The van der Waals surface area contributed by atoms with Gasteiger partial charge in [-0.25, -0.2) is 4.98 Å². The summed E-state index contributed by atoms with van der Waals surface area (Å²) in [5.41, 5.74) is 2.19. The van der Waals surface area contributed by atoms with Gasteiger partial charge in [-0.3, -0.25) is 4.79 Å². The third kappa shape index (κ3) is 4.57. The number of para-hydroxylation sites is 2. The molecule has 3 rings (SSSR count). The first-order valence-electron chi connectivity index (χ1n) is 8.99. The van der Waals surface area contributed by atoms with Gasteiger partial charge in [0.25, 0.3) is 0 Å². The van der Waals surface area contributed by atoms with Crippen LogP contribution in [0.15, 0.2) is 30.6 Å². The van der Waals surface area contributed by atoms with Gasteiger partial charge in [-0.2, -0.15) is 0 Å². The summed E-state index contributed by atoms with van der Waals surface area (Å²) in [5.74, 6) is 0.998. The van der Waals surface area contributed by atoms with E-state index in [1.807, 2.05) is 24.5 Å². The lowest BCUT2D eigenvalue weighted by molar-refractivity contribution is -0.121. The Hall–Kier alpha value is -1.84. The van der Waals surface area contributed by atoms with Crippen molar-refractivity contribution in [1.29, 1.82) is 0 Å². The van der Waals surface area contributed by atoms with E-state index in [1.165, 1.54) is 32.1 Å². The van der Waals surface area contributed by atoms with E-state index in [9.17, 15) is 4.79 Å². The van der Waals surface area contributed by atoms with E-state index in [0.29, 0.717) is 6.42 Å². The van der Waals surface area contributed by atoms with Crippen molar-refractivity contribution in [3.63, 3.8) is 0 Å². The molecule has 1 aliphatic carbocycles. The number of amides is 1. The lowest BCUT2D eigenvalue weighted by atomic mass is 9.86. The molecule has 0 spiro atoms. The van der Waals surface area contributed by atoms with Gasteiger partial charge in [0.05, 0.1) is 17.4 Å². The van der Waals surface area contributed by atoms with Crippen LogP contribution in [0.4, 0.5) is 0 Å². The zero-order chi connectivity index (χ0) is 15.9. The number of aromatic nitrogens is 2. The fourth-order valence-corrected chi connectivity index (χ4v) is 3.57. The number of hydrogen-bond acceptors (Lipinski definition) is 2. The average Bonchev–Trinajstić information content (AvgIpc) is 3.01. The van der Waals surface area contributed by atoms with Crippen LogP contribution in [-0.4, -0.2) is 22.0 Å². The maximum absolute atomic E-state index is 11.9. The molecule has 1 saturated carbocycles. The van der Waals surface area contributed by atoms with Gasteiger partial charge in [0, 0.05) is 19.5 Å². The second-order valence-corrected chi connectivity index (χ2v) is 6.67. The lowest BCUT2D eigenvalue weighted by Crippen LogP contribution is -2.25. The highest BCUT2D eigenvalue weighted by molar-refractivity contribution is 5.76. The number of carbonyl (C=O) groups excluding carboxylic acids is 1. The topological polar surface area (TPSA) is 46.9 Å². The second-order valence-electron chi connectivity index (χ2n) is 6.67. The van der Waals surface area contributed by atoms with E-state index in [2.05, 4.69) is 20.9 Å². The molecule has 0 atom stereocenters. The Morgan fingerprint density at radius 1 is 1.22 bits per heavy atom. The van der Waals surface area contributed by atoms with Crippen molar-refractivity contribution in [2.45, 2.75) is 57.9 Å². The van der Waals surface area contributed by atoms with Crippen LogP contribution in [0.5, 0.6) is 0 Å². The SMILES string of the molecule is O=C(CCC1CCCCC1)NCCCn1cnc2ccccc21. The highest BCUT2D eigenvalue weighted by Gasteiger charge is 2.14. The maximum atomic E-state index is 11.9. The molecule has 0 radical (unpaired) electrons. The minimum atomic E-state index is 0.214. The van der Waals surface area contributed by atoms with Crippen molar-refractivity contribution in [3.05, 3.63) is 30.6 Å². The van der Waals surface area contributed by atoms with Gasteiger partial charge >= 0.3 is 0 Å². The van der Waals surface area contributed by atoms with Crippen LogP contribution in [-0.2, 0) is 11.3 Å². The van der Waals surface area contributed by atoms with Gasteiger partial charge in [-0.15, -0.1) is 0 Å². The Balaban J connectivity index is 1.34. The molecule has 0 saturated heterocycles.